The van der Waals surface area contributed by atoms with Crippen LogP contribution in [0.5, 0.6) is 5.75 Å². The van der Waals surface area contributed by atoms with Crippen LogP contribution in [0.2, 0.25) is 5.02 Å². The lowest BCUT2D eigenvalue weighted by Crippen LogP contribution is -2.23. The summed E-state index contributed by atoms with van der Waals surface area (Å²) < 4.78 is 5.94. The van der Waals surface area contributed by atoms with Crippen LogP contribution in [-0.2, 0) is 6.54 Å². The van der Waals surface area contributed by atoms with Crippen LogP contribution >= 0.6 is 27.5 Å². The molecule has 0 radical (unpaired) electrons. The van der Waals surface area contributed by atoms with E-state index < -0.39 is 0 Å². The Bertz CT molecular complexity index is 896. The van der Waals surface area contributed by atoms with Gasteiger partial charge in [0.15, 0.2) is 5.82 Å². The largest absolute Gasteiger partial charge is 0.497 e. The predicted molar refractivity (Wildman–Crippen MR) is 98.7 cm³/mol. The van der Waals surface area contributed by atoms with Crippen molar-refractivity contribution in [1.29, 1.82) is 0 Å². The predicted octanol–water partition coefficient (Wildman–Crippen LogP) is 3.83. The van der Waals surface area contributed by atoms with Crippen molar-refractivity contribution in [3.63, 3.8) is 0 Å². The number of amides is 1. The first-order valence-corrected chi connectivity index (χ1v) is 8.53. The van der Waals surface area contributed by atoms with E-state index in [1.54, 1.807) is 25.3 Å². The second-order valence-electron chi connectivity index (χ2n) is 5.14. The highest BCUT2D eigenvalue weighted by molar-refractivity contribution is 9.10. The number of methoxy groups -OCH3 is 1. The van der Waals surface area contributed by atoms with E-state index in [0.29, 0.717) is 22.2 Å². The summed E-state index contributed by atoms with van der Waals surface area (Å²) in [5, 5.41) is 10.1. The summed E-state index contributed by atoms with van der Waals surface area (Å²) in [6.45, 7) is 0.217. The highest BCUT2D eigenvalue weighted by Gasteiger charge is 2.12. The molecule has 0 aliphatic carbocycles. The van der Waals surface area contributed by atoms with Crippen LogP contribution in [0.3, 0.4) is 0 Å². The highest BCUT2D eigenvalue weighted by atomic mass is 79.9. The van der Waals surface area contributed by atoms with Crippen molar-refractivity contribution in [2.24, 2.45) is 0 Å². The average molecular weight is 422 g/mol. The van der Waals surface area contributed by atoms with E-state index in [0.717, 1.165) is 15.8 Å². The van der Waals surface area contributed by atoms with Gasteiger partial charge in [-0.1, -0.05) is 27.5 Å². The summed E-state index contributed by atoms with van der Waals surface area (Å²) in [6, 6.07) is 12.5. The number of nitrogens with zero attached hydrogens (tertiary/aromatic N) is 2. The Labute approximate surface area is 157 Å². The van der Waals surface area contributed by atoms with Crippen molar-refractivity contribution in [2.45, 2.75) is 6.54 Å². The minimum absolute atomic E-state index is 0.217. The number of ether oxygens (including phenoxy) is 1. The third-order valence-electron chi connectivity index (χ3n) is 3.47. The molecule has 0 saturated heterocycles. The number of hydrogen-bond donors (Lipinski definition) is 2. The van der Waals surface area contributed by atoms with Crippen molar-refractivity contribution >= 4 is 33.4 Å². The summed E-state index contributed by atoms with van der Waals surface area (Å²) in [7, 11) is 1.61. The molecule has 0 aliphatic heterocycles. The zero-order chi connectivity index (χ0) is 17.8. The van der Waals surface area contributed by atoms with Crippen LogP contribution in [0.25, 0.3) is 11.4 Å². The van der Waals surface area contributed by atoms with Crippen LogP contribution in [-0.4, -0.2) is 28.2 Å². The van der Waals surface area contributed by atoms with E-state index in [2.05, 4.69) is 36.4 Å². The van der Waals surface area contributed by atoms with Crippen LogP contribution in [0.15, 0.2) is 46.9 Å². The summed E-state index contributed by atoms with van der Waals surface area (Å²) in [5.41, 5.74) is 1.25. The van der Waals surface area contributed by atoms with E-state index in [-0.39, 0.29) is 12.5 Å². The van der Waals surface area contributed by atoms with Crippen molar-refractivity contribution in [1.82, 2.24) is 20.5 Å². The molecule has 2 aromatic carbocycles. The van der Waals surface area contributed by atoms with Gasteiger partial charge in [0.05, 0.1) is 24.2 Å². The average Bonchev–Trinajstić information content (AvgIpc) is 3.09. The Balaban J connectivity index is 1.66. The first-order valence-electron chi connectivity index (χ1n) is 7.36. The second kappa shape index (κ2) is 7.67. The van der Waals surface area contributed by atoms with Gasteiger partial charge in [0.1, 0.15) is 11.6 Å². The molecule has 0 saturated carbocycles. The fourth-order valence-electron chi connectivity index (χ4n) is 2.18. The first-order chi connectivity index (χ1) is 12.1. The van der Waals surface area contributed by atoms with Gasteiger partial charge in [0.25, 0.3) is 5.91 Å². The number of benzene rings is 2. The van der Waals surface area contributed by atoms with Crippen LogP contribution < -0.4 is 10.1 Å². The Morgan fingerprint density at radius 1 is 1.28 bits per heavy atom. The van der Waals surface area contributed by atoms with E-state index in [1.807, 2.05) is 24.3 Å². The molecule has 1 aromatic heterocycles. The van der Waals surface area contributed by atoms with Crippen LogP contribution in [0.1, 0.15) is 16.2 Å². The maximum Gasteiger partial charge on any atom is 0.253 e. The molecule has 25 heavy (non-hydrogen) atoms. The lowest BCUT2D eigenvalue weighted by atomic mass is 10.2. The zero-order valence-electron chi connectivity index (χ0n) is 13.2. The molecule has 0 bridgehead atoms. The second-order valence-corrected chi connectivity index (χ2v) is 6.46. The Kier molecular flexibility index (Phi) is 5.35. The van der Waals surface area contributed by atoms with Crippen molar-refractivity contribution in [2.75, 3.05) is 7.11 Å². The van der Waals surface area contributed by atoms with Gasteiger partial charge >= 0.3 is 0 Å². The summed E-state index contributed by atoms with van der Waals surface area (Å²) >= 11 is 9.39. The van der Waals surface area contributed by atoms with Crippen molar-refractivity contribution < 1.29 is 9.53 Å². The highest BCUT2D eigenvalue weighted by Crippen LogP contribution is 2.21. The summed E-state index contributed by atoms with van der Waals surface area (Å²) in [4.78, 5) is 16.6. The standard InChI is InChI=1S/C17H14BrClN4O2/c1-25-12-5-2-10(3-6-12)16-21-15(22-23-16)9-20-17(24)13-7-4-11(18)8-14(13)19/h2-8H,9H2,1H3,(H,20,24)(H,21,22,23). The molecular weight excluding hydrogens is 408 g/mol. The lowest BCUT2D eigenvalue weighted by Gasteiger charge is -2.05. The number of halogens is 2. The van der Waals surface area contributed by atoms with Crippen molar-refractivity contribution in [3.8, 4) is 17.1 Å². The van der Waals surface area contributed by atoms with Gasteiger partial charge in [-0.3, -0.25) is 9.89 Å². The molecule has 0 fully saturated rings. The van der Waals surface area contributed by atoms with Gasteiger partial charge in [-0.15, -0.1) is 0 Å². The minimum Gasteiger partial charge on any atom is -0.497 e. The van der Waals surface area contributed by atoms with E-state index in [4.69, 9.17) is 16.3 Å². The van der Waals surface area contributed by atoms with Gasteiger partial charge in [0, 0.05) is 10.0 Å². The smallest absolute Gasteiger partial charge is 0.253 e. The molecule has 3 aromatic rings. The minimum atomic E-state index is -0.278. The van der Waals surface area contributed by atoms with E-state index in [9.17, 15) is 4.79 Å². The molecule has 0 unspecified atom stereocenters. The zero-order valence-corrected chi connectivity index (χ0v) is 15.6. The maximum absolute atomic E-state index is 12.2. The molecule has 2 N–H and O–H groups in total. The van der Waals surface area contributed by atoms with Gasteiger partial charge in [-0.2, -0.15) is 5.10 Å². The Morgan fingerprint density at radius 2 is 2.04 bits per heavy atom. The summed E-state index contributed by atoms with van der Waals surface area (Å²) in [5.74, 6) is 1.58. The molecule has 0 aliphatic rings. The van der Waals surface area contributed by atoms with Crippen LogP contribution in [0, 0.1) is 0 Å². The van der Waals surface area contributed by atoms with E-state index >= 15 is 0 Å². The number of aromatic amines is 1. The SMILES string of the molecule is COc1ccc(-c2n[nH]c(CNC(=O)c3ccc(Br)cc3Cl)n2)cc1. The third-order valence-corrected chi connectivity index (χ3v) is 4.28. The number of H-pyrrole nitrogens is 1. The van der Waals surface area contributed by atoms with Gasteiger partial charge in [0.2, 0.25) is 0 Å². The summed E-state index contributed by atoms with van der Waals surface area (Å²) in [6.07, 6.45) is 0. The fourth-order valence-corrected chi connectivity index (χ4v) is 2.94. The number of carbonyl (C=O) groups is 1. The van der Waals surface area contributed by atoms with Gasteiger partial charge in [-0.25, -0.2) is 4.98 Å². The number of aromatic nitrogens is 3. The van der Waals surface area contributed by atoms with Gasteiger partial charge < -0.3 is 10.1 Å². The lowest BCUT2D eigenvalue weighted by molar-refractivity contribution is 0.0950. The normalized spacial score (nSPS) is 10.5. The maximum atomic E-state index is 12.2. The molecule has 8 heteroatoms. The molecule has 3 rings (SSSR count). The molecule has 1 amide bonds. The Hall–Kier alpha value is -2.38. The molecule has 1 heterocycles. The van der Waals surface area contributed by atoms with E-state index in [1.165, 1.54) is 0 Å². The first kappa shape index (κ1) is 17.4. The topological polar surface area (TPSA) is 79.9 Å². The Morgan fingerprint density at radius 3 is 2.72 bits per heavy atom. The van der Waals surface area contributed by atoms with Gasteiger partial charge in [-0.05, 0) is 42.5 Å². The fraction of sp³-hybridized carbons (Fsp3) is 0.118. The van der Waals surface area contributed by atoms with Crippen molar-refractivity contribution in [3.05, 3.63) is 63.3 Å². The molecule has 6 nitrogen and oxygen atoms in total. The molecule has 0 spiro atoms. The number of hydrogen-bond acceptors (Lipinski definition) is 4. The number of carbonyl (C=O) groups excluding carboxylic acids is 1. The van der Waals surface area contributed by atoms with Crippen LogP contribution in [0.4, 0.5) is 0 Å². The number of nitrogens with one attached hydrogen (secondary N) is 2. The number of rotatable bonds is 5. The quantitative estimate of drug-likeness (QED) is 0.656. The monoisotopic (exact) mass is 420 g/mol. The molecule has 0 atom stereocenters. The molecular formula is C17H14BrClN4O2. The molecule has 128 valence electrons. The third kappa shape index (κ3) is 4.18.